The lowest BCUT2D eigenvalue weighted by Gasteiger charge is -2.07. The van der Waals surface area contributed by atoms with Gasteiger partial charge in [0.2, 0.25) is 0 Å². The number of rotatable bonds is 4. The van der Waals surface area contributed by atoms with Crippen LogP contribution in [-0.4, -0.2) is 15.8 Å². The first-order valence-corrected chi connectivity index (χ1v) is 6.36. The average molecular weight is 233 g/mol. The number of hydrogen-bond acceptors (Lipinski definition) is 3. The third kappa shape index (κ3) is 2.58. The fourth-order valence-corrected chi connectivity index (χ4v) is 1.94. The van der Waals surface area contributed by atoms with E-state index >= 15 is 0 Å². The minimum Gasteiger partial charge on any atom is -0.378 e. The van der Waals surface area contributed by atoms with Gasteiger partial charge >= 0.3 is 0 Å². The Balaban J connectivity index is 2.02. The Labute approximate surface area is 99.9 Å². The lowest BCUT2D eigenvalue weighted by Crippen LogP contribution is -2.05. The summed E-state index contributed by atoms with van der Waals surface area (Å²) in [6, 6.07) is 8.39. The second-order valence-corrected chi connectivity index (χ2v) is 4.42. The molecule has 1 N–H and O–H groups in total. The zero-order valence-electron chi connectivity index (χ0n) is 9.47. The highest BCUT2D eigenvalue weighted by Gasteiger charge is 1.99. The van der Waals surface area contributed by atoms with Gasteiger partial charge in [0.15, 0.2) is 0 Å². The molecule has 2 aromatic rings. The van der Waals surface area contributed by atoms with Crippen molar-refractivity contribution in [2.45, 2.75) is 11.4 Å². The van der Waals surface area contributed by atoms with E-state index in [0.717, 1.165) is 18.1 Å². The van der Waals surface area contributed by atoms with Crippen LogP contribution in [0.4, 0.5) is 5.69 Å². The molecular weight excluding hydrogens is 218 g/mol. The Kier molecular flexibility index (Phi) is 3.51. The number of anilines is 1. The summed E-state index contributed by atoms with van der Waals surface area (Å²) in [5.41, 5.74) is 1.13. The Morgan fingerprint density at radius 1 is 1.44 bits per heavy atom. The van der Waals surface area contributed by atoms with Crippen LogP contribution in [0, 0.1) is 0 Å². The van der Waals surface area contributed by atoms with Crippen molar-refractivity contribution in [3.8, 4) is 0 Å². The van der Waals surface area contributed by atoms with Crippen molar-refractivity contribution in [3.63, 3.8) is 0 Å². The highest BCUT2D eigenvalue weighted by molar-refractivity contribution is 7.98. The number of thioether (sulfide) groups is 1. The zero-order valence-corrected chi connectivity index (χ0v) is 10.3. The first-order chi connectivity index (χ1) is 7.79. The van der Waals surface area contributed by atoms with Gasteiger partial charge in [-0.2, -0.15) is 0 Å². The van der Waals surface area contributed by atoms with E-state index in [9.17, 15) is 0 Å². The van der Waals surface area contributed by atoms with Gasteiger partial charge in [-0.15, -0.1) is 11.8 Å². The molecule has 0 amide bonds. The number of aryl methyl sites for hydroxylation is 1. The molecule has 0 aliphatic carbocycles. The van der Waals surface area contributed by atoms with Crippen molar-refractivity contribution >= 4 is 17.4 Å². The SMILES string of the molecule is CSc1cccc(NCc2nccn2C)c1. The molecule has 1 heterocycles. The Morgan fingerprint density at radius 3 is 3.00 bits per heavy atom. The van der Waals surface area contributed by atoms with E-state index < -0.39 is 0 Å². The summed E-state index contributed by atoms with van der Waals surface area (Å²) < 4.78 is 2.02. The van der Waals surface area contributed by atoms with Gasteiger partial charge < -0.3 is 9.88 Å². The maximum absolute atomic E-state index is 4.27. The fourth-order valence-electron chi connectivity index (χ4n) is 1.48. The van der Waals surface area contributed by atoms with Crippen molar-refractivity contribution in [3.05, 3.63) is 42.5 Å². The monoisotopic (exact) mass is 233 g/mol. The molecule has 0 saturated carbocycles. The minimum atomic E-state index is 0.751. The molecule has 4 heteroatoms. The second kappa shape index (κ2) is 5.07. The molecule has 84 valence electrons. The van der Waals surface area contributed by atoms with Gasteiger partial charge in [-0.3, -0.25) is 0 Å². The van der Waals surface area contributed by atoms with Gasteiger partial charge in [-0.25, -0.2) is 4.98 Å². The van der Waals surface area contributed by atoms with Crippen LogP contribution in [0.25, 0.3) is 0 Å². The summed E-state index contributed by atoms with van der Waals surface area (Å²) in [4.78, 5) is 5.54. The topological polar surface area (TPSA) is 29.9 Å². The number of benzene rings is 1. The van der Waals surface area contributed by atoms with Gasteiger partial charge in [0.25, 0.3) is 0 Å². The fraction of sp³-hybridized carbons (Fsp3) is 0.250. The third-order valence-corrected chi connectivity index (χ3v) is 3.17. The van der Waals surface area contributed by atoms with Crippen molar-refractivity contribution in [1.29, 1.82) is 0 Å². The highest BCUT2D eigenvalue weighted by Crippen LogP contribution is 2.19. The molecule has 3 nitrogen and oxygen atoms in total. The Bertz CT molecular complexity index is 465. The van der Waals surface area contributed by atoms with E-state index in [1.807, 2.05) is 24.0 Å². The van der Waals surface area contributed by atoms with Crippen LogP contribution < -0.4 is 5.32 Å². The third-order valence-electron chi connectivity index (χ3n) is 2.44. The van der Waals surface area contributed by atoms with E-state index in [1.165, 1.54) is 4.90 Å². The molecule has 1 aromatic carbocycles. The first-order valence-electron chi connectivity index (χ1n) is 5.14. The molecule has 0 bridgehead atoms. The standard InChI is InChI=1S/C12H15N3S/c1-15-7-6-13-12(15)9-14-10-4-3-5-11(8-10)16-2/h3-8,14H,9H2,1-2H3. The highest BCUT2D eigenvalue weighted by atomic mass is 32.2. The van der Waals surface area contributed by atoms with Crippen LogP contribution >= 0.6 is 11.8 Å². The molecule has 0 unspecified atom stereocenters. The predicted molar refractivity (Wildman–Crippen MR) is 68.8 cm³/mol. The number of imidazole rings is 1. The number of aromatic nitrogens is 2. The van der Waals surface area contributed by atoms with Crippen LogP contribution in [0.1, 0.15) is 5.82 Å². The van der Waals surface area contributed by atoms with Crippen LogP contribution in [-0.2, 0) is 13.6 Å². The van der Waals surface area contributed by atoms with Crippen molar-refractivity contribution in [2.24, 2.45) is 7.05 Å². The maximum Gasteiger partial charge on any atom is 0.127 e. The Morgan fingerprint density at radius 2 is 2.31 bits per heavy atom. The molecule has 0 fully saturated rings. The van der Waals surface area contributed by atoms with E-state index in [0.29, 0.717) is 0 Å². The largest absolute Gasteiger partial charge is 0.378 e. The molecule has 0 aliphatic rings. The van der Waals surface area contributed by atoms with Crippen LogP contribution in [0.5, 0.6) is 0 Å². The van der Waals surface area contributed by atoms with E-state index in [-0.39, 0.29) is 0 Å². The summed E-state index contributed by atoms with van der Waals surface area (Å²) in [6.45, 7) is 0.751. The lowest BCUT2D eigenvalue weighted by molar-refractivity contribution is 0.813. The molecule has 16 heavy (non-hydrogen) atoms. The van der Waals surface area contributed by atoms with Crippen LogP contribution in [0.3, 0.4) is 0 Å². The smallest absolute Gasteiger partial charge is 0.127 e. The van der Waals surface area contributed by atoms with E-state index in [2.05, 4.69) is 40.8 Å². The number of hydrogen-bond donors (Lipinski definition) is 1. The van der Waals surface area contributed by atoms with Gasteiger partial charge in [0.05, 0.1) is 6.54 Å². The minimum absolute atomic E-state index is 0.751. The summed E-state index contributed by atoms with van der Waals surface area (Å²) in [5.74, 6) is 1.04. The first kappa shape index (κ1) is 11.1. The predicted octanol–water partition coefficient (Wildman–Crippen LogP) is 2.75. The molecule has 0 aliphatic heterocycles. The summed E-state index contributed by atoms with van der Waals surface area (Å²) in [7, 11) is 2.00. The van der Waals surface area contributed by atoms with Gasteiger partial charge in [0, 0.05) is 30.0 Å². The molecule has 0 atom stereocenters. The zero-order chi connectivity index (χ0) is 11.4. The van der Waals surface area contributed by atoms with Crippen LogP contribution in [0.2, 0.25) is 0 Å². The van der Waals surface area contributed by atoms with Crippen LogP contribution in [0.15, 0.2) is 41.6 Å². The normalized spacial score (nSPS) is 10.4. The summed E-state index contributed by atoms with van der Waals surface area (Å²) in [5, 5.41) is 3.37. The van der Waals surface area contributed by atoms with E-state index in [1.54, 1.807) is 11.8 Å². The van der Waals surface area contributed by atoms with Gasteiger partial charge in [-0.1, -0.05) is 6.07 Å². The second-order valence-electron chi connectivity index (χ2n) is 3.54. The van der Waals surface area contributed by atoms with Crippen molar-refractivity contribution in [2.75, 3.05) is 11.6 Å². The lowest BCUT2D eigenvalue weighted by atomic mass is 10.3. The van der Waals surface area contributed by atoms with Gasteiger partial charge in [0.1, 0.15) is 5.82 Å². The molecular formula is C12H15N3S. The van der Waals surface area contributed by atoms with E-state index in [4.69, 9.17) is 0 Å². The maximum atomic E-state index is 4.27. The average Bonchev–Trinajstić information content (AvgIpc) is 2.72. The molecule has 0 saturated heterocycles. The summed E-state index contributed by atoms with van der Waals surface area (Å²) >= 11 is 1.75. The quantitative estimate of drug-likeness (QED) is 0.824. The van der Waals surface area contributed by atoms with Gasteiger partial charge in [-0.05, 0) is 24.5 Å². The van der Waals surface area contributed by atoms with Crippen molar-refractivity contribution < 1.29 is 0 Å². The molecule has 2 rings (SSSR count). The molecule has 0 spiro atoms. The Hall–Kier alpha value is -1.42. The van der Waals surface area contributed by atoms with Crippen molar-refractivity contribution in [1.82, 2.24) is 9.55 Å². The summed E-state index contributed by atoms with van der Waals surface area (Å²) in [6.07, 6.45) is 5.85. The number of nitrogens with one attached hydrogen (secondary N) is 1. The molecule has 1 aromatic heterocycles. The number of nitrogens with zero attached hydrogens (tertiary/aromatic N) is 2. The molecule has 0 radical (unpaired) electrons.